The van der Waals surface area contributed by atoms with Crippen molar-refractivity contribution < 1.29 is 18.0 Å². The molecule has 6 heteroatoms. The van der Waals surface area contributed by atoms with Gasteiger partial charge in [-0.15, -0.1) is 0 Å². The van der Waals surface area contributed by atoms with Gasteiger partial charge in [-0.05, 0) is 18.5 Å². The minimum atomic E-state index is -4.33. The first-order valence-corrected chi connectivity index (χ1v) is 7.04. The summed E-state index contributed by atoms with van der Waals surface area (Å²) in [7, 11) is 0. The SMILES string of the molecule is CCN(Cc1ccccc1)[C@H]1CCN(CC(F)(F)F)C1=O. The van der Waals surface area contributed by atoms with Crippen molar-refractivity contribution in [3.05, 3.63) is 35.9 Å². The Morgan fingerprint density at radius 1 is 1.29 bits per heavy atom. The second kappa shape index (κ2) is 6.47. The standard InChI is InChI=1S/C15H19F3N2O/c1-2-19(10-12-6-4-3-5-7-12)13-8-9-20(14(13)21)11-15(16,17)18/h3-7,13H,2,8-11H2,1H3/t13-/m0/s1. The van der Waals surface area contributed by atoms with Crippen molar-refractivity contribution in [2.24, 2.45) is 0 Å². The first kappa shape index (κ1) is 15.8. The van der Waals surface area contributed by atoms with E-state index in [2.05, 4.69) is 0 Å². The Hall–Kier alpha value is -1.56. The Morgan fingerprint density at radius 3 is 2.52 bits per heavy atom. The maximum Gasteiger partial charge on any atom is 0.406 e. The predicted molar refractivity (Wildman–Crippen MR) is 73.6 cm³/mol. The Kier molecular flexibility index (Phi) is 4.88. The molecule has 0 aliphatic carbocycles. The Balaban J connectivity index is 2.01. The van der Waals surface area contributed by atoms with Gasteiger partial charge in [0.05, 0.1) is 6.04 Å². The number of nitrogens with zero attached hydrogens (tertiary/aromatic N) is 2. The van der Waals surface area contributed by atoms with Gasteiger partial charge in [-0.25, -0.2) is 0 Å². The van der Waals surface area contributed by atoms with Gasteiger partial charge in [0.1, 0.15) is 6.54 Å². The van der Waals surface area contributed by atoms with Crippen molar-refractivity contribution in [2.75, 3.05) is 19.6 Å². The van der Waals surface area contributed by atoms with E-state index in [1.807, 2.05) is 42.2 Å². The van der Waals surface area contributed by atoms with Crippen molar-refractivity contribution in [3.63, 3.8) is 0 Å². The second-order valence-corrected chi connectivity index (χ2v) is 5.23. The zero-order valence-electron chi connectivity index (χ0n) is 11.9. The van der Waals surface area contributed by atoms with Crippen molar-refractivity contribution >= 4 is 5.91 Å². The van der Waals surface area contributed by atoms with Crippen LogP contribution in [0, 0.1) is 0 Å². The number of carbonyl (C=O) groups is 1. The molecule has 0 unspecified atom stereocenters. The number of amides is 1. The number of alkyl halides is 3. The van der Waals surface area contributed by atoms with Crippen LogP contribution in [-0.4, -0.2) is 47.6 Å². The maximum absolute atomic E-state index is 12.4. The van der Waals surface area contributed by atoms with Crippen molar-refractivity contribution in [1.29, 1.82) is 0 Å². The minimum absolute atomic E-state index is 0.175. The highest BCUT2D eigenvalue weighted by Crippen LogP contribution is 2.24. The Bertz CT molecular complexity index is 476. The van der Waals surface area contributed by atoms with Crippen molar-refractivity contribution in [3.8, 4) is 0 Å². The van der Waals surface area contributed by atoms with Crippen LogP contribution in [0.2, 0.25) is 0 Å². The average molecular weight is 300 g/mol. The molecule has 0 bridgehead atoms. The Labute approximate surface area is 122 Å². The smallest absolute Gasteiger partial charge is 0.332 e. The van der Waals surface area contributed by atoms with Crippen LogP contribution in [-0.2, 0) is 11.3 Å². The summed E-state index contributed by atoms with van der Waals surface area (Å²) in [5.74, 6) is -0.412. The number of carbonyl (C=O) groups excluding carboxylic acids is 1. The summed E-state index contributed by atoms with van der Waals surface area (Å²) >= 11 is 0. The molecule has 0 radical (unpaired) electrons. The van der Waals surface area contributed by atoms with Gasteiger partial charge in [-0.1, -0.05) is 37.3 Å². The predicted octanol–water partition coefficient (Wildman–Crippen LogP) is 2.67. The van der Waals surface area contributed by atoms with E-state index in [9.17, 15) is 18.0 Å². The van der Waals surface area contributed by atoms with Gasteiger partial charge < -0.3 is 4.90 Å². The molecule has 0 spiro atoms. The summed E-state index contributed by atoms with van der Waals surface area (Å²) < 4.78 is 37.3. The minimum Gasteiger partial charge on any atom is -0.332 e. The number of likely N-dealkylation sites (tertiary alicyclic amines) is 1. The normalized spacial score (nSPS) is 19.6. The zero-order valence-corrected chi connectivity index (χ0v) is 11.9. The summed E-state index contributed by atoms with van der Waals surface area (Å²) in [4.78, 5) is 15.0. The zero-order chi connectivity index (χ0) is 15.5. The van der Waals surface area contributed by atoms with E-state index in [4.69, 9.17) is 0 Å². The molecule has 21 heavy (non-hydrogen) atoms. The lowest BCUT2D eigenvalue weighted by Gasteiger charge is -2.27. The van der Waals surface area contributed by atoms with Gasteiger partial charge in [0.2, 0.25) is 5.91 Å². The number of rotatable bonds is 5. The molecular formula is C15H19F3N2O. The van der Waals surface area contributed by atoms with Crippen molar-refractivity contribution in [2.45, 2.75) is 32.1 Å². The van der Waals surface area contributed by atoms with E-state index >= 15 is 0 Å². The van der Waals surface area contributed by atoms with Gasteiger partial charge in [-0.3, -0.25) is 9.69 Å². The number of benzene rings is 1. The van der Waals surface area contributed by atoms with E-state index in [-0.39, 0.29) is 6.54 Å². The molecule has 0 N–H and O–H groups in total. The highest BCUT2D eigenvalue weighted by molar-refractivity contribution is 5.84. The van der Waals surface area contributed by atoms with Gasteiger partial charge in [0.15, 0.2) is 0 Å². The fraction of sp³-hybridized carbons (Fsp3) is 0.533. The highest BCUT2D eigenvalue weighted by atomic mass is 19.4. The molecule has 1 atom stereocenters. The third kappa shape index (κ3) is 4.20. The lowest BCUT2D eigenvalue weighted by Crippen LogP contribution is -2.43. The molecular weight excluding hydrogens is 281 g/mol. The molecule has 0 aromatic heterocycles. The van der Waals surface area contributed by atoms with E-state index in [1.54, 1.807) is 0 Å². The fourth-order valence-electron chi connectivity index (χ4n) is 2.70. The molecule has 2 rings (SSSR count). The van der Waals surface area contributed by atoms with Crippen LogP contribution < -0.4 is 0 Å². The van der Waals surface area contributed by atoms with Crippen molar-refractivity contribution in [1.82, 2.24) is 9.80 Å². The summed E-state index contributed by atoms with van der Waals surface area (Å²) in [6.07, 6.45) is -3.88. The van der Waals surface area contributed by atoms with Gasteiger partial charge in [0.25, 0.3) is 0 Å². The van der Waals surface area contributed by atoms with Crippen LogP contribution in [0.25, 0.3) is 0 Å². The molecule has 116 valence electrons. The molecule has 1 aromatic carbocycles. The van der Waals surface area contributed by atoms with Crippen LogP contribution in [0.5, 0.6) is 0 Å². The number of hydrogen-bond donors (Lipinski definition) is 0. The molecule has 1 fully saturated rings. The maximum atomic E-state index is 12.4. The van der Waals surface area contributed by atoms with E-state index < -0.39 is 24.7 Å². The van der Waals surface area contributed by atoms with E-state index in [0.29, 0.717) is 19.5 Å². The second-order valence-electron chi connectivity index (χ2n) is 5.23. The summed E-state index contributed by atoms with van der Waals surface area (Å²) in [5, 5.41) is 0. The third-order valence-electron chi connectivity index (χ3n) is 3.71. The Morgan fingerprint density at radius 2 is 1.95 bits per heavy atom. The summed E-state index contributed by atoms with van der Waals surface area (Å²) in [6, 6.07) is 9.19. The van der Waals surface area contributed by atoms with Crippen LogP contribution in [0.15, 0.2) is 30.3 Å². The molecule has 1 aliphatic rings. The van der Waals surface area contributed by atoms with Gasteiger partial charge in [0, 0.05) is 13.1 Å². The largest absolute Gasteiger partial charge is 0.406 e. The average Bonchev–Trinajstić information content (AvgIpc) is 2.77. The van der Waals surface area contributed by atoms with Gasteiger partial charge >= 0.3 is 6.18 Å². The van der Waals surface area contributed by atoms with Crippen LogP contribution in [0.3, 0.4) is 0 Å². The highest BCUT2D eigenvalue weighted by Gasteiger charge is 2.41. The lowest BCUT2D eigenvalue weighted by molar-refractivity contribution is -0.159. The van der Waals surface area contributed by atoms with E-state index in [1.165, 1.54) is 0 Å². The molecule has 1 amide bonds. The molecule has 1 saturated heterocycles. The number of halogens is 3. The number of likely N-dealkylation sites (N-methyl/N-ethyl adjacent to an activating group) is 1. The van der Waals surface area contributed by atoms with Crippen LogP contribution in [0.4, 0.5) is 13.2 Å². The molecule has 0 saturated carbocycles. The topological polar surface area (TPSA) is 23.6 Å². The van der Waals surface area contributed by atoms with Crippen LogP contribution >= 0.6 is 0 Å². The van der Waals surface area contributed by atoms with Gasteiger partial charge in [-0.2, -0.15) is 13.2 Å². The molecule has 1 aliphatic heterocycles. The van der Waals surface area contributed by atoms with E-state index in [0.717, 1.165) is 10.5 Å². The summed E-state index contributed by atoms with van der Waals surface area (Å²) in [5.41, 5.74) is 1.06. The fourth-order valence-corrected chi connectivity index (χ4v) is 2.70. The third-order valence-corrected chi connectivity index (χ3v) is 3.71. The quantitative estimate of drug-likeness (QED) is 0.834. The molecule has 3 nitrogen and oxygen atoms in total. The van der Waals surface area contributed by atoms with Crippen LogP contribution in [0.1, 0.15) is 18.9 Å². The first-order chi connectivity index (χ1) is 9.90. The summed E-state index contributed by atoms with van der Waals surface area (Å²) in [6.45, 7) is 2.15. The monoisotopic (exact) mass is 300 g/mol. The first-order valence-electron chi connectivity index (χ1n) is 7.04. The number of hydrogen-bond acceptors (Lipinski definition) is 2. The lowest BCUT2D eigenvalue weighted by atomic mass is 10.1. The molecule has 1 heterocycles. The molecule has 1 aromatic rings.